The molecule has 0 unspecified atom stereocenters. The van der Waals surface area contributed by atoms with Gasteiger partial charge in [-0.25, -0.2) is 14.6 Å². The molecule has 214 valence electrons. The van der Waals surface area contributed by atoms with Crippen LogP contribution in [0.5, 0.6) is 0 Å². The first-order chi connectivity index (χ1) is 20.8. The molecule has 1 aliphatic rings. The predicted octanol–water partition coefficient (Wildman–Crippen LogP) is 5.55. The van der Waals surface area contributed by atoms with Crippen LogP contribution in [-0.4, -0.2) is 28.2 Å². The number of carbonyl (C=O) groups excluding carboxylic acids is 1. The summed E-state index contributed by atoms with van der Waals surface area (Å²) in [5.74, 6) is -0.755. The van der Waals surface area contributed by atoms with E-state index in [0.29, 0.717) is 48.3 Å². The third-order valence-corrected chi connectivity index (χ3v) is 8.09. The molecule has 0 amide bonds. The average molecular weight is 611 g/mol. The van der Waals surface area contributed by atoms with Gasteiger partial charge in [-0.15, -0.1) is 0 Å². The standard InChI is InChI=1S/C33H23ClN2O6S/c1-2-41-32(40)27-28(19-7-4-3-5-8-19)35-33-36(29(27)20-11-13-23(34)14-12-20)30(37)26(43-33)18-24-15-16-25(42-24)21-9-6-10-22(17-21)31(38)39/h3-18,29H,2H2,1H3,(H,38,39)/b26-18-/t29-/m1/s1. The van der Waals surface area contributed by atoms with Crippen molar-refractivity contribution in [2.45, 2.75) is 13.0 Å². The van der Waals surface area contributed by atoms with Crippen LogP contribution in [-0.2, 0) is 9.53 Å². The average Bonchev–Trinajstić information content (AvgIpc) is 3.61. The zero-order valence-corrected chi connectivity index (χ0v) is 24.3. The molecule has 0 spiro atoms. The Morgan fingerprint density at radius 2 is 1.77 bits per heavy atom. The number of aromatic carboxylic acids is 1. The van der Waals surface area contributed by atoms with Gasteiger partial charge in [-0.1, -0.05) is 77.5 Å². The molecule has 3 heterocycles. The number of carboxylic acid groups (broad SMARTS) is 1. The van der Waals surface area contributed by atoms with Gasteiger partial charge >= 0.3 is 11.9 Å². The lowest BCUT2D eigenvalue weighted by Crippen LogP contribution is -2.39. The third kappa shape index (κ3) is 5.48. The second-order valence-corrected chi connectivity index (χ2v) is 11.0. The highest BCUT2D eigenvalue weighted by Gasteiger charge is 2.35. The van der Waals surface area contributed by atoms with Crippen molar-refractivity contribution in [3.63, 3.8) is 0 Å². The molecule has 0 fully saturated rings. The van der Waals surface area contributed by atoms with Crippen LogP contribution in [0.1, 0.15) is 40.2 Å². The molecule has 0 radical (unpaired) electrons. The van der Waals surface area contributed by atoms with Crippen molar-refractivity contribution < 1.29 is 23.8 Å². The van der Waals surface area contributed by atoms with E-state index < -0.39 is 18.0 Å². The minimum absolute atomic E-state index is 0.137. The number of furan rings is 1. The first-order valence-electron chi connectivity index (χ1n) is 13.3. The number of fused-ring (bicyclic) bond motifs is 1. The number of thiazole rings is 1. The lowest BCUT2D eigenvalue weighted by molar-refractivity contribution is -0.138. The molecule has 43 heavy (non-hydrogen) atoms. The van der Waals surface area contributed by atoms with Crippen molar-refractivity contribution in [2.75, 3.05) is 6.61 Å². The second kappa shape index (κ2) is 11.7. The number of hydrogen-bond acceptors (Lipinski definition) is 7. The highest BCUT2D eigenvalue weighted by Crippen LogP contribution is 2.35. The van der Waals surface area contributed by atoms with Gasteiger partial charge in [0.15, 0.2) is 4.80 Å². The molecule has 0 saturated carbocycles. The summed E-state index contributed by atoms with van der Waals surface area (Å²) in [6, 6.07) is 25.3. The lowest BCUT2D eigenvalue weighted by Gasteiger charge is -2.25. The number of ether oxygens (including phenoxy) is 1. The fourth-order valence-corrected chi connectivity index (χ4v) is 6.03. The Kier molecular flexibility index (Phi) is 7.67. The van der Waals surface area contributed by atoms with Gasteiger partial charge in [0.05, 0.1) is 34.0 Å². The van der Waals surface area contributed by atoms with E-state index in [9.17, 15) is 19.5 Å². The topological polar surface area (TPSA) is 111 Å². The Morgan fingerprint density at radius 3 is 2.49 bits per heavy atom. The normalized spacial score (nSPS) is 14.7. The van der Waals surface area contributed by atoms with Crippen molar-refractivity contribution in [2.24, 2.45) is 4.99 Å². The summed E-state index contributed by atoms with van der Waals surface area (Å²) in [6.45, 7) is 1.88. The molecule has 6 rings (SSSR count). The predicted molar refractivity (Wildman–Crippen MR) is 164 cm³/mol. The largest absolute Gasteiger partial charge is 0.478 e. The van der Waals surface area contributed by atoms with Crippen molar-refractivity contribution in [1.82, 2.24) is 4.57 Å². The van der Waals surface area contributed by atoms with Gasteiger partial charge in [-0.2, -0.15) is 0 Å². The number of rotatable bonds is 7. The van der Waals surface area contributed by atoms with Gasteiger partial charge in [0.2, 0.25) is 0 Å². The Morgan fingerprint density at radius 1 is 1.02 bits per heavy atom. The number of benzene rings is 3. The van der Waals surface area contributed by atoms with E-state index in [1.807, 2.05) is 30.3 Å². The van der Waals surface area contributed by atoms with Crippen LogP contribution in [0.15, 0.2) is 111 Å². The van der Waals surface area contributed by atoms with Crippen LogP contribution in [0.25, 0.3) is 23.1 Å². The van der Waals surface area contributed by atoms with Gasteiger partial charge in [0, 0.05) is 22.2 Å². The van der Waals surface area contributed by atoms with E-state index >= 15 is 0 Å². The van der Waals surface area contributed by atoms with Gasteiger partial charge in [0.1, 0.15) is 11.5 Å². The molecular formula is C33H23ClN2O6S. The fourth-order valence-electron chi connectivity index (χ4n) is 4.92. The maximum atomic E-state index is 14.0. The SMILES string of the molecule is CCOC(=O)C1=C(c2ccccc2)N=c2s/c(=C\c3ccc(-c4cccc(C(=O)O)c4)o3)c(=O)n2[C@@H]1c1ccc(Cl)cc1. The summed E-state index contributed by atoms with van der Waals surface area (Å²) in [6.07, 6.45) is 1.61. The molecule has 2 aromatic heterocycles. The number of nitrogens with zero attached hydrogens (tertiary/aromatic N) is 2. The van der Waals surface area contributed by atoms with Crippen LogP contribution in [0.3, 0.4) is 0 Å². The van der Waals surface area contributed by atoms with E-state index in [4.69, 9.17) is 25.7 Å². The highest BCUT2D eigenvalue weighted by molar-refractivity contribution is 7.07. The zero-order valence-electron chi connectivity index (χ0n) is 22.7. The maximum Gasteiger partial charge on any atom is 0.338 e. The van der Waals surface area contributed by atoms with E-state index in [0.717, 1.165) is 0 Å². The van der Waals surface area contributed by atoms with Crippen LogP contribution >= 0.6 is 22.9 Å². The summed E-state index contributed by atoms with van der Waals surface area (Å²) in [4.78, 5) is 44.2. The van der Waals surface area contributed by atoms with E-state index in [-0.39, 0.29) is 23.3 Å². The number of hydrogen-bond donors (Lipinski definition) is 1. The van der Waals surface area contributed by atoms with Crippen molar-refractivity contribution in [3.05, 3.63) is 144 Å². The van der Waals surface area contributed by atoms with E-state index in [2.05, 4.69) is 0 Å². The molecule has 8 nitrogen and oxygen atoms in total. The Bertz CT molecular complexity index is 2070. The summed E-state index contributed by atoms with van der Waals surface area (Å²) in [7, 11) is 0. The summed E-state index contributed by atoms with van der Waals surface area (Å²) in [5, 5.41) is 9.86. The number of aromatic nitrogens is 1. The first-order valence-corrected chi connectivity index (χ1v) is 14.5. The van der Waals surface area contributed by atoms with Gasteiger partial charge in [-0.3, -0.25) is 9.36 Å². The number of carboxylic acids is 1. The number of halogens is 1. The minimum atomic E-state index is -1.04. The van der Waals surface area contributed by atoms with Crippen molar-refractivity contribution >= 4 is 46.6 Å². The maximum absolute atomic E-state index is 14.0. The fraction of sp³-hybridized carbons (Fsp3) is 0.0909. The van der Waals surface area contributed by atoms with Crippen LogP contribution in [0, 0.1) is 0 Å². The smallest absolute Gasteiger partial charge is 0.338 e. The Labute approximate surface area is 254 Å². The zero-order chi connectivity index (χ0) is 30.1. The van der Waals surface area contributed by atoms with Gasteiger partial charge in [0.25, 0.3) is 5.56 Å². The minimum Gasteiger partial charge on any atom is -0.478 e. The van der Waals surface area contributed by atoms with Gasteiger partial charge in [-0.05, 0) is 48.9 Å². The van der Waals surface area contributed by atoms with Crippen LogP contribution < -0.4 is 14.9 Å². The Balaban J connectivity index is 1.54. The molecule has 0 saturated heterocycles. The molecule has 1 aliphatic heterocycles. The molecule has 3 aromatic carbocycles. The molecule has 1 atom stereocenters. The molecular weight excluding hydrogens is 588 g/mol. The van der Waals surface area contributed by atoms with E-state index in [1.165, 1.54) is 28.0 Å². The van der Waals surface area contributed by atoms with Gasteiger partial charge < -0.3 is 14.3 Å². The molecule has 0 bridgehead atoms. The lowest BCUT2D eigenvalue weighted by atomic mass is 9.93. The van der Waals surface area contributed by atoms with Crippen molar-refractivity contribution in [3.8, 4) is 11.3 Å². The highest BCUT2D eigenvalue weighted by atomic mass is 35.5. The quantitative estimate of drug-likeness (QED) is 0.242. The summed E-state index contributed by atoms with van der Waals surface area (Å²) >= 11 is 7.36. The summed E-state index contributed by atoms with van der Waals surface area (Å²) < 4.78 is 13.3. The monoisotopic (exact) mass is 610 g/mol. The number of carbonyl (C=O) groups is 2. The molecule has 0 aliphatic carbocycles. The third-order valence-electron chi connectivity index (χ3n) is 6.85. The molecule has 10 heteroatoms. The molecule has 5 aromatic rings. The van der Waals surface area contributed by atoms with Crippen LogP contribution in [0.2, 0.25) is 5.02 Å². The van der Waals surface area contributed by atoms with Crippen LogP contribution in [0.4, 0.5) is 0 Å². The number of esters is 1. The summed E-state index contributed by atoms with van der Waals surface area (Å²) in [5.41, 5.74) is 2.41. The Hall–Kier alpha value is -4.99. The first kappa shape index (κ1) is 28.1. The molecule has 1 N–H and O–H groups in total. The van der Waals surface area contributed by atoms with E-state index in [1.54, 1.807) is 61.5 Å². The van der Waals surface area contributed by atoms with Crippen molar-refractivity contribution in [1.29, 1.82) is 0 Å². The second-order valence-electron chi connectivity index (χ2n) is 9.57.